The molecule has 0 aliphatic carbocycles. The third-order valence-electron chi connectivity index (χ3n) is 3.34. The number of benzene rings is 2. The summed E-state index contributed by atoms with van der Waals surface area (Å²) in [7, 11) is 2.12. The van der Waals surface area contributed by atoms with Crippen molar-refractivity contribution >= 4 is 26.8 Å². The van der Waals surface area contributed by atoms with Crippen molar-refractivity contribution in [3.63, 3.8) is 0 Å². The molecule has 0 amide bonds. The molecule has 3 aromatic rings. The van der Waals surface area contributed by atoms with Crippen LogP contribution in [0.1, 0.15) is 5.56 Å². The lowest BCUT2D eigenvalue weighted by Crippen LogP contribution is -1.91. The summed E-state index contributed by atoms with van der Waals surface area (Å²) in [6.07, 6.45) is 0. The molecule has 0 saturated heterocycles. The summed E-state index contributed by atoms with van der Waals surface area (Å²) in [5.41, 5.74) is 5.01. The summed E-state index contributed by atoms with van der Waals surface area (Å²) in [5.74, 6) is 0. The molecule has 0 fully saturated rings. The largest absolute Gasteiger partial charge is 0.343 e. The van der Waals surface area contributed by atoms with Gasteiger partial charge in [-0.25, -0.2) is 0 Å². The van der Waals surface area contributed by atoms with E-state index in [9.17, 15) is 0 Å². The van der Waals surface area contributed by atoms with Crippen molar-refractivity contribution in [1.82, 2.24) is 4.57 Å². The molecule has 0 bridgehead atoms. The molecule has 0 N–H and O–H groups in total. The molecule has 1 heterocycles. The number of nitrogens with zero attached hydrogens (tertiary/aromatic N) is 1. The van der Waals surface area contributed by atoms with Gasteiger partial charge in [-0.15, -0.1) is 0 Å². The minimum atomic E-state index is 1.18. The van der Waals surface area contributed by atoms with Crippen molar-refractivity contribution in [2.45, 2.75) is 6.92 Å². The average molecular weight is 300 g/mol. The Labute approximate surface area is 115 Å². The minimum absolute atomic E-state index is 1.18. The lowest BCUT2D eigenvalue weighted by Gasteiger charge is -2.04. The van der Waals surface area contributed by atoms with Gasteiger partial charge in [0.15, 0.2) is 0 Å². The molecule has 0 aliphatic rings. The maximum atomic E-state index is 3.75. The summed E-state index contributed by atoms with van der Waals surface area (Å²) in [5, 5.41) is 1.27. The average Bonchev–Trinajstić information content (AvgIpc) is 2.63. The second-order valence-corrected chi connectivity index (χ2v) is 5.40. The van der Waals surface area contributed by atoms with Gasteiger partial charge >= 0.3 is 0 Å². The lowest BCUT2D eigenvalue weighted by molar-refractivity contribution is 0.976. The van der Waals surface area contributed by atoms with Crippen LogP contribution in [-0.4, -0.2) is 4.57 Å². The summed E-state index contributed by atoms with van der Waals surface area (Å²) < 4.78 is 3.42. The molecule has 2 aromatic carbocycles. The van der Waals surface area contributed by atoms with Crippen molar-refractivity contribution in [2.24, 2.45) is 7.05 Å². The molecule has 0 aliphatic heterocycles. The van der Waals surface area contributed by atoms with Crippen LogP contribution in [0, 0.1) is 6.92 Å². The minimum Gasteiger partial charge on any atom is -0.343 e. The van der Waals surface area contributed by atoms with Crippen molar-refractivity contribution in [1.29, 1.82) is 0 Å². The smallest absolute Gasteiger partial charge is 0.0633 e. The van der Waals surface area contributed by atoms with E-state index in [1.54, 1.807) is 0 Å². The van der Waals surface area contributed by atoms with Crippen molar-refractivity contribution < 1.29 is 0 Å². The van der Waals surface area contributed by atoms with Crippen LogP contribution in [0.2, 0.25) is 0 Å². The molecule has 18 heavy (non-hydrogen) atoms. The zero-order chi connectivity index (χ0) is 12.7. The number of halogens is 1. The van der Waals surface area contributed by atoms with Crippen LogP contribution in [0.25, 0.3) is 22.2 Å². The van der Waals surface area contributed by atoms with E-state index in [-0.39, 0.29) is 0 Å². The number of aryl methyl sites for hydroxylation is 2. The van der Waals surface area contributed by atoms with E-state index >= 15 is 0 Å². The van der Waals surface area contributed by atoms with Crippen LogP contribution in [0.15, 0.2) is 53.0 Å². The SMILES string of the molecule is Cc1ccc2c(c1)c(Br)c(-c1ccccc1)n2C. The Morgan fingerprint density at radius 2 is 1.72 bits per heavy atom. The monoisotopic (exact) mass is 299 g/mol. The summed E-state index contributed by atoms with van der Waals surface area (Å²) in [6, 6.07) is 17.1. The van der Waals surface area contributed by atoms with Crippen LogP contribution in [0.4, 0.5) is 0 Å². The molecule has 0 spiro atoms. The van der Waals surface area contributed by atoms with E-state index in [1.165, 1.54) is 32.2 Å². The maximum Gasteiger partial charge on any atom is 0.0633 e. The van der Waals surface area contributed by atoms with E-state index < -0.39 is 0 Å². The first kappa shape index (κ1) is 11.5. The fourth-order valence-corrected chi connectivity index (χ4v) is 3.24. The van der Waals surface area contributed by atoms with Gasteiger partial charge in [0.25, 0.3) is 0 Å². The van der Waals surface area contributed by atoms with Gasteiger partial charge in [0, 0.05) is 18.0 Å². The molecule has 2 heteroatoms. The summed E-state index contributed by atoms with van der Waals surface area (Å²) >= 11 is 3.75. The standard InChI is InChI=1S/C16H14BrN/c1-11-8-9-14-13(10-11)15(17)16(18(14)2)12-6-4-3-5-7-12/h3-10H,1-2H3. The first-order valence-electron chi connectivity index (χ1n) is 5.98. The number of fused-ring (bicyclic) bond motifs is 1. The van der Waals surface area contributed by atoms with E-state index in [1.807, 2.05) is 6.07 Å². The Bertz CT molecular complexity index is 711. The van der Waals surface area contributed by atoms with Gasteiger partial charge in [0.1, 0.15) is 0 Å². The topological polar surface area (TPSA) is 4.93 Å². The predicted molar refractivity (Wildman–Crippen MR) is 80.8 cm³/mol. The van der Waals surface area contributed by atoms with E-state index in [0.29, 0.717) is 0 Å². The Kier molecular flexibility index (Phi) is 2.75. The molecule has 1 aromatic heterocycles. The highest BCUT2D eigenvalue weighted by Gasteiger charge is 2.14. The fraction of sp³-hybridized carbons (Fsp3) is 0.125. The Balaban J connectivity index is 2.37. The number of rotatable bonds is 1. The zero-order valence-corrected chi connectivity index (χ0v) is 12.0. The quantitative estimate of drug-likeness (QED) is 0.601. The summed E-state index contributed by atoms with van der Waals surface area (Å²) in [4.78, 5) is 0. The van der Waals surface area contributed by atoms with Gasteiger partial charge in [0.2, 0.25) is 0 Å². The molecule has 0 radical (unpaired) electrons. The molecule has 0 saturated carbocycles. The maximum absolute atomic E-state index is 3.75. The first-order chi connectivity index (χ1) is 8.68. The van der Waals surface area contributed by atoms with Gasteiger partial charge in [0.05, 0.1) is 10.2 Å². The van der Waals surface area contributed by atoms with Crippen molar-refractivity contribution in [3.05, 3.63) is 58.6 Å². The lowest BCUT2D eigenvalue weighted by atomic mass is 10.1. The van der Waals surface area contributed by atoms with Gasteiger partial charge in [-0.2, -0.15) is 0 Å². The molecular formula is C16H14BrN. The number of hydrogen-bond donors (Lipinski definition) is 0. The van der Waals surface area contributed by atoms with Crippen LogP contribution >= 0.6 is 15.9 Å². The van der Waals surface area contributed by atoms with E-state index in [2.05, 4.69) is 76.9 Å². The Morgan fingerprint density at radius 1 is 1.00 bits per heavy atom. The van der Waals surface area contributed by atoms with E-state index in [0.717, 1.165) is 0 Å². The van der Waals surface area contributed by atoms with Crippen LogP contribution in [-0.2, 0) is 7.05 Å². The molecule has 0 atom stereocenters. The zero-order valence-electron chi connectivity index (χ0n) is 10.4. The molecular weight excluding hydrogens is 286 g/mol. The van der Waals surface area contributed by atoms with Crippen LogP contribution in [0.3, 0.4) is 0 Å². The highest BCUT2D eigenvalue weighted by molar-refractivity contribution is 9.10. The third-order valence-corrected chi connectivity index (χ3v) is 4.14. The fourth-order valence-electron chi connectivity index (χ4n) is 2.43. The van der Waals surface area contributed by atoms with E-state index in [4.69, 9.17) is 0 Å². The second kappa shape index (κ2) is 4.29. The molecule has 3 rings (SSSR count). The molecule has 0 unspecified atom stereocenters. The highest BCUT2D eigenvalue weighted by atomic mass is 79.9. The number of hydrogen-bond acceptors (Lipinski definition) is 0. The van der Waals surface area contributed by atoms with Crippen molar-refractivity contribution in [2.75, 3.05) is 0 Å². The highest BCUT2D eigenvalue weighted by Crippen LogP contribution is 2.37. The van der Waals surface area contributed by atoms with Crippen LogP contribution < -0.4 is 0 Å². The predicted octanol–water partition coefficient (Wildman–Crippen LogP) is 4.92. The summed E-state index contributed by atoms with van der Waals surface area (Å²) in [6.45, 7) is 2.13. The van der Waals surface area contributed by atoms with Gasteiger partial charge < -0.3 is 4.57 Å². The molecule has 1 nitrogen and oxygen atoms in total. The van der Waals surface area contributed by atoms with Gasteiger partial charge in [-0.05, 0) is 40.5 Å². The van der Waals surface area contributed by atoms with Crippen molar-refractivity contribution in [3.8, 4) is 11.3 Å². The third kappa shape index (κ3) is 1.68. The Morgan fingerprint density at radius 3 is 2.44 bits per heavy atom. The van der Waals surface area contributed by atoms with Gasteiger partial charge in [-0.1, -0.05) is 42.0 Å². The molecule has 90 valence electrons. The number of aromatic nitrogens is 1. The van der Waals surface area contributed by atoms with Crippen LogP contribution in [0.5, 0.6) is 0 Å². The normalized spacial score (nSPS) is 11.1. The second-order valence-electron chi connectivity index (χ2n) is 4.61. The Hall–Kier alpha value is -1.54. The van der Waals surface area contributed by atoms with Gasteiger partial charge in [-0.3, -0.25) is 0 Å². The first-order valence-corrected chi connectivity index (χ1v) is 6.78.